The molecule has 0 spiro atoms. The molecule has 1 unspecified atom stereocenters. The van der Waals surface area contributed by atoms with Crippen LogP contribution in [0.25, 0.3) is 22.8 Å². The molecule has 164 valence electrons. The molecule has 1 fully saturated rings. The Morgan fingerprint density at radius 2 is 1.97 bits per heavy atom. The van der Waals surface area contributed by atoms with Gasteiger partial charge in [0.15, 0.2) is 11.0 Å². The number of rotatable bonds is 7. The molecule has 1 saturated heterocycles. The van der Waals surface area contributed by atoms with Crippen LogP contribution in [0.2, 0.25) is 5.02 Å². The standard InChI is InChI=1S/C22H19ClFN5O2S/c23-18-6-2-1-5-17(18)20-25-19(31-28-20)13-32-22-27-26-21(14-7-9-15(24)10-8-14)29(22)12-16-4-3-11-30-16/h1-2,5-10,16H,3-4,11-13H2. The molecule has 5 rings (SSSR count). The maximum Gasteiger partial charge on any atom is 0.237 e. The van der Waals surface area contributed by atoms with Gasteiger partial charge in [0.25, 0.3) is 0 Å². The highest BCUT2D eigenvalue weighted by Crippen LogP contribution is 2.30. The van der Waals surface area contributed by atoms with E-state index in [2.05, 4.69) is 20.3 Å². The zero-order valence-corrected chi connectivity index (χ0v) is 18.5. The van der Waals surface area contributed by atoms with Gasteiger partial charge < -0.3 is 9.26 Å². The van der Waals surface area contributed by atoms with Crippen molar-refractivity contribution < 1.29 is 13.7 Å². The first-order valence-corrected chi connectivity index (χ1v) is 11.5. The second kappa shape index (κ2) is 9.40. The van der Waals surface area contributed by atoms with Gasteiger partial charge in [0.05, 0.1) is 23.4 Å². The van der Waals surface area contributed by atoms with Crippen LogP contribution in [-0.4, -0.2) is 37.6 Å². The summed E-state index contributed by atoms with van der Waals surface area (Å²) in [5.41, 5.74) is 1.51. The molecule has 1 atom stereocenters. The fourth-order valence-corrected chi connectivity index (χ4v) is 4.56. The number of hydrogen-bond acceptors (Lipinski definition) is 7. The summed E-state index contributed by atoms with van der Waals surface area (Å²) < 4.78 is 26.6. The van der Waals surface area contributed by atoms with Gasteiger partial charge in [-0.15, -0.1) is 10.2 Å². The van der Waals surface area contributed by atoms with Crippen molar-refractivity contribution in [3.8, 4) is 22.8 Å². The highest BCUT2D eigenvalue weighted by molar-refractivity contribution is 7.98. The van der Waals surface area contributed by atoms with Gasteiger partial charge in [-0.3, -0.25) is 4.57 Å². The number of aromatic nitrogens is 5. The van der Waals surface area contributed by atoms with E-state index in [0.29, 0.717) is 45.6 Å². The summed E-state index contributed by atoms with van der Waals surface area (Å²) in [7, 11) is 0. The molecule has 0 bridgehead atoms. The van der Waals surface area contributed by atoms with Crippen LogP contribution in [0, 0.1) is 5.82 Å². The lowest BCUT2D eigenvalue weighted by molar-refractivity contribution is 0.0953. The van der Waals surface area contributed by atoms with Gasteiger partial charge in [-0.2, -0.15) is 4.98 Å². The molecule has 7 nitrogen and oxygen atoms in total. The fourth-order valence-electron chi connectivity index (χ4n) is 3.56. The molecule has 1 aliphatic heterocycles. The molecule has 0 radical (unpaired) electrons. The lowest BCUT2D eigenvalue weighted by Crippen LogP contribution is -2.16. The van der Waals surface area contributed by atoms with E-state index in [0.717, 1.165) is 25.0 Å². The van der Waals surface area contributed by atoms with E-state index in [-0.39, 0.29) is 11.9 Å². The van der Waals surface area contributed by atoms with E-state index >= 15 is 0 Å². The molecule has 10 heteroatoms. The zero-order chi connectivity index (χ0) is 21.9. The predicted octanol–water partition coefficient (Wildman–Crippen LogP) is 5.26. The van der Waals surface area contributed by atoms with Crippen LogP contribution < -0.4 is 0 Å². The van der Waals surface area contributed by atoms with Gasteiger partial charge in [0, 0.05) is 17.7 Å². The van der Waals surface area contributed by atoms with Crippen LogP contribution in [0.15, 0.2) is 58.2 Å². The van der Waals surface area contributed by atoms with E-state index in [1.165, 1.54) is 23.9 Å². The predicted molar refractivity (Wildman–Crippen MR) is 119 cm³/mol. The summed E-state index contributed by atoms with van der Waals surface area (Å²) >= 11 is 7.68. The highest BCUT2D eigenvalue weighted by Gasteiger charge is 2.22. The lowest BCUT2D eigenvalue weighted by atomic mass is 10.2. The third-order valence-electron chi connectivity index (χ3n) is 5.14. The second-order valence-electron chi connectivity index (χ2n) is 7.34. The zero-order valence-electron chi connectivity index (χ0n) is 16.9. The van der Waals surface area contributed by atoms with Crippen molar-refractivity contribution in [1.82, 2.24) is 24.9 Å². The lowest BCUT2D eigenvalue weighted by Gasteiger charge is -2.14. The molecule has 3 heterocycles. The molecule has 0 saturated carbocycles. The Hall–Kier alpha value is -2.75. The first kappa shape index (κ1) is 21.1. The summed E-state index contributed by atoms with van der Waals surface area (Å²) in [6.07, 6.45) is 2.11. The van der Waals surface area contributed by atoms with E-state index in [1.54, 1.807) is 18.2 Å². The molecule has 2 aromatic heterocycles. The number of halogens is 2. The van der Waals surface area contributed by atoms with Gasteiger partial charge in [0.2, 0.25) is 11.7 Å². The Morgan fingerprint density at radius 1 is 1.12 bits per heavy atom. The van der Waals surface area contributed by atoms with Crippen LogP contribution >= 0.6 is 23.4 Å². The Labute approximate surface area is 193 Å². The van der Waals surface area contributed by atoms with E-state index in [1.807, 2.05) is 22.8 Å². The molecule has 0 amide bonds. The monoisotopic (exact) mass is 471 g/mol. The summed E-state index contributed by atoms with van der Waals surface area (Å²) in [6.45, 7) is 1.38. The van der Waals surface area contributed by atoms with Crippen LogP contribution in [-0.2, 0) is 17.0 Å². The topological polar surface area (TPSA) is 78.9 Å². The maximum atomic E-state index is 13.4. The first-order chi connectivity index (χ1) is 15.7. The quantitative estimate of drug-likeness (QED) is 0.340. The number of nitrogens with zero attached hydrogens (tertiary/aromatic N) is 5. The van der Waals surface area contributed by atoms with Crippen molar-refractivity contribution in [2.24, 2.45) is 0 Å². The number of ether oxygens (including phenoxy) is 1. The van der Waals surface area contributed by atoms with E-state index in [9.17, 15) is 4.39 Å². The van der Waals surface area contributed by atoms with Crippen molar-refractivity contribution in [3.63, 3.8) is 0 Å². The van der Waals surface area contributed by atoms with E-state index < -0.39 is 0 Å². The largest absolute Gasteiger partial charge is 0.376 e. The van der Waals surface area contributed by atoms with Crippen LogP contribution in [0.1, 0.15) is 18.7 Å². The van der Waals surface area contributed by atoms with Crippen molar-refractivity contribution in [2.75, 3.05) is 6.61 Å². The average Bonchev–Trinajstić information content (AvgIpc) is 3.56. The minimum atomic E-state index is -0.292. The number of thioether (sulfide) groups is 1. The molecule has 32 heavy (non-hydrogen) atoms. The van der Waals surface area contributed by atoms with Gasteiger partial charge in [-0.25, -0.2) is 4.39 Å². The SMILES string of the molecule is Fc1ccc(-c2nnc(SCc3nc(-c4ccccc4Cl)no3)n2CC2CCCO2)cc1. The van der Waals surface area contributed by atoms with Crippen LogP contribution in [0.3, 0.4) is 0 Å². The highest BCUT2D eigenvalue weighted by atomic mass is 35.5. The minimum absolute atomic E-state index is 0.0970. The third-order valence-corrected chi connectivity index (χ3v) is 6.42. The number of benzene rings is 2. The normalized spacial score (nSPS) is 16.0. The minimum Gasteiger partial charge on any atom is -0.376 e. The Bertz CT molecular complexity index is 1210. The summed E-state index contributed by atoms with van der Waals surface area (Å²) in [5.74, 6) is 1.70. The van der Waals surface area contributed by atoms with Crippen molar-refractivity contribution in [1.29, 1.82) is 0 Å². The summed E-state index contributed by atoms with van der Waals surface area (Å²) in [4.78, 5) is 4.46. The fraction of sp³-hybridized carbons (Fsp3) is 0.273. The van der Waals surface area contributed by atoms with Crippen molar-refractivity contribution in [2.45, 2.75) is 36.4 Å². The van der Waals surface area contributed by atoms with Gasteiger partial charge in [-0.05, 0) is 49.2 Å². The third kappa shape index (κ3) is 4.55. The Balaban J connectivity index is 1.37. The molecular weight excluding hydrogens is 453 g/mol. The van der Waals surface area contributed by atoms with Gasteiger partial charge >= 0.3 is 0 Å². The Kier molecular flexibility index (Phi) is 6.20. The molecule has 2 aromatic carbocycles. The van der Waals surface area contributed by atoms with Crippen molar-refractivity contribution in [3.05, 3.63) is 65.3 Å². The number of hydrogen-bond donors (Lipinski definition) is 0. The van der Waals surface area contributed by atoms with E-state index in [4.69, 9.17) is 20.9 Å². The summed E-state index contributed by atoms with van der Waals surface area (Å²) in [5, 5.41) is 14.0. The molecule has 1 aliphatic rings. The summed E-state index contributed by atoms with van der Waals surface area (Å²) in [6, 6.07) is 13.6. The average molecular weight is 472 g/mol. The van der Waals surface area contributed by atoms with Crippen molar-refractivity contribution >= 4 is 23.4 Å². The maximum absolute atomic E-state index is 13.4. The smallest absolute Gasteiger partial charge is 0.237 e. The molecule has 0 aliphatic carbocycles. The molecule has 4 aromatic rings. The second-order valence-corrected chi connectivity index (χ2v) is 8.69. The molecule has 0 N–H and O–H groups in total. The molecular formula is C22H19ClFN5O2S. The van der Waals surface area contributed by atoms with Gasteiger partial charge in [-0.1, -0.05) is 40.7 Å². The Morgan fingerprint density at radius 3 is 2.75 bits per heavy atom. The van der Waals surface area contributed by atoms with Crippen LogP contribution in [0.4, 0.5) is 4.39 Å². The van der Waals surface area contributed by atoms with Gasteiger partial charge in [0.1, 0.15) is 5.82 Å². The first-order valence-electron chi connectivity index (χ1n) is 10.2. The van der Waals surface area contributed by atoms with Crippen LogP contribution in [0.5, 0.6) is 0 Å².